The number of fused-ring (bicyclic) bond motifs is 1. The number of phenolic OH excluding ortho intramolecular Hbond substituents is 2. The Morgan fingerprint density at radius 2 is 1.05 bits per heavy atom. The van der Waals surface area contributed by atoms with E-state index < -0.39 is 34.6 Å². The van der Waals surface area contributed by atoms with Crippen molar-refractivity contribution in [3.63, 3.8) is 0 Å². The van der Waals surface area contributed by atoms with Gasteiger partial charge in [0.05, 0.1) is 37.2 Å². The molecular weight excluding hydrogens is 512 g/mol. The van der Waals surface area contributed by atoms with Gasteiger partial charge in [0.15, 0.2) is 45.0 Å². The molecule has 0 saturated heterocycles. The van der Waals surface area contributed by atoms with Crippen LogP contribution in [0.1, 0.15) is 25.0 Å². The third-order valence-electron chi connectivity index (χ3n) is 7.22. The second kappa shape index (κ2) is 8.52. The monoisotopic (exact) mass is 536 g/mol. The summed E-state index contributed by atoms with van der Waals surface area (Å²) in [5.41, 5.74) is -0.642. The van der Waals surface area contributed by atoms with E-state index in [4.69, 9.17) is 23.4 Å². The zero-order valence-corrected chi connectivity index (χ0v) is 21.4. The second-order valence-corrected chi connectivity index (χ2v) is 9.81. The lowest BCUT2D eigenvalue weighted by Crippen LogP contribution is -2.13. The minimum Gasteiger partial charge on any atom is -0.504 e. The van der Waals surface area contributed by atoms with Crippen LogP contribution in [0.15, 0.2) is 35.6 Å². The van der Waals surface area contributed by atoms with Gasteiger partial charge in [-0.05, 0) is 24.6 Å². The van der Waals surface area contributed by atoms with Gasteiger partial charge in [0.25, 0.3) is 0 Å². The number of rotatable bonds is 6. The minimum atomic E-state index is -0.915. The Bertz CT molecular complexity index is 1910. The molecule has 11 nitrogen and oxygen atoms in total. The molecule has 39 heavy (non-hydrogen) atoms. The highest BCUT2D eigenvalue weighted by atomic mass is 17.2. The molecule has 0 radical (unpaired) electrons. The number of aromatic hydroxyl groups is 2. The summed E-state index contributed by atoms with van der Waals surface area (Å²) < 4.78 is 26.6. The normalized spacial score (nSPS) is 13.8. The van der Waals surface area contributed by atoms with Crippen LogP contribution in [0.4, 0.5) is 0 Å². The van der Waals surface area contributed by atoms with E-state index in [-0.39, 0.29) is 67.8 Å². The Hall–Kier alpha value is -4.48. The fourth-order valence-corrected chi connectivity index (χ4v) is 5.97. The smallest absolute Gasteiger partial charge is 0.195 e. The zero-order chi connectivity index (χ0) is 27.9. The molecule has 2 atom stereocenters. The van der Waals surface area contributed by atoms with Gasteiger partial charge in [-0.3, -0.25) is 18.7 Å². The molecule has 11 heteroatoms. The summed E-state index contributed by atoms with van der Waals surface area (Å²) in [4.78, 5) is 26.8. The highest BCUT2D eigenvalue weighted by molar-refractivity contribution is 6.40. The van der Waals surface area contributed by atoms with E-state index in [0.717, 1.165) is 12.1 Å². The Kier molecular flexibility index (Phi) is 5.42. The maximum atomic E-state index is 13.4. The molecule has 0 spiro atoms. The van der Waals surface area contributed by atoms with Gasteiger partial charge in [0.2, 0.25) is 0 Å². The molecule has 0 aliphatic heterocycles. The predicted octanol–water partition coefficient (Wildman–Crippen LogP) is 3.66. The molecule has 0 aliphatic carbocycles. The summed E-state index contributed by atoms with van der Waals surface area (Å²) in [7, 11) is 2.65. The van der Waals surface area contributed by atoms with E-state index in [1.165, 1.54) is 14.2 Å². The number of phenols is 2. The van der Waals surface area contributed by atoms with Crippen molar-refractivity contribution in [2.24, 2.45) is 0 Å². The molecule has 6 aromatic rings. The first-order chi connectivity index (χ1) is 18.6. The molecule has 1 heterocycles. The van der Waals surface area contributed by atoms with E-state index in [1.54, 1.807) is 13.8 Å². The first-order valence-electron chi connectivity index (χ1n) is 12.2. The van der Waals surface area contributed by atoms with Crippen LogP contribution in [0.3, 0.4) is 0 Å². The molecule has 6 rings (SSSR count). The Morgan fingerprint density at radius 3 is 1.38 bits per heavy atom. The number of benzene rings is 5. The lowest BCUT2D eigenvalue weighted by molar-refractivity contribution is -0.157. The third-order valence-corrected chi connectivity index (χ3v) is 7.22. The molecule has 4 N–H and O–H groups in total. The number of hydrogen-bond acceptors (Lipinski definition) is 11. The highest BCUT2D eigenvalue weighted by Gasteiger charge is 2.32. The first kappa shape index (κ1) is 24.8. The van der Waals surface area contributed by atoms with Gasteiger partial charge in [-0.1, -0.05) is 4.74 Å². The van der Waals surface area contributed by atoms with Crippen molar-refractivity contribution in [1.82, 2.24) is 0 Å². The molecule has 202 valence electrons. The van der Waals surface area contributed by atoms with Gasteiger partial charge in [-0.25, -0.2) is 0 Å². The summed E-state index contributed by atoms with van der Waals surface area (Å²) in [6, 6.07) is 2.24. The largest absolute Gasteiger partial charge is 0.504 e. The van der Waals surface area contributed by atoms with Crippen molar-refractivity contribution >= 4 is 54.3 Å². The highest BCUT2D eigenvalue weighted by Crippen LogP contribution is 2.54. The van der Waals surface area contributed by atoms with Gasteiger partial charge in [0.1, 0.15) is 0 Å². The molecule has 0 saturated carbocycles. The summed E-state index contributed by atoms with van der Waals surface area (Å²) in [6.07, 6.45) is -1.87. The molecule has 0 bridgehead atoms. The van der Waals surface area contributed by atoms with Crippen LogP contribution >= 0.6 is 0 Å². The maximum absolute atomic E-state index is 13.4. The van der Waals surface area contributed by atoms with Crippen molar-refractivity contribution in [2.75, 3.05) is 14.2 Å². The van der Waals surface area contributed by atoms with Crippen molar-refractivity contribution in [3.8, 4) is 23.0 Å². The van der Waals surface area contributed by atoms with E-state index in [1.807, 2.05) is 0 Å². The minimum absolute atomic E-state index is 0.0220. The van der Waals surface area contributed by atoms with Gasteiger partial charge >= 0.3 is 0 Å². The van der Waals surface area contributed by atoms with Crippen LogP contribution in [0, 0.1) is 0 Å². The van der Waals surface area contributed by atoms with E-state index >= 15 is 0 Å². The average Bonchev–Trinajstić information content (AvgIpc) is 3.03. The fourth-order valence-electron chi connectivity index (χ4n) is 5.97. The van der Waals surface area contributed by atoms with Gasteiger partial charge in [0, 0.05) is 57.6 Å². The van der Waals surface area contributed by atoms with Crippen molar-refractivity contribution in [1.29, 1.82) is 0 Å². The molecule has 5 aromatic carbocycles. The lowest BCUT2D eigenvalue weighted by Gasteiger charge is -2.24. The summed E-state index contributed by atoms with van der Waals surface area (Å²) in [5, 5.41) is 45.2. The van der Waals surface area contributed by atoms with Crippen molar-refractivity contribution in [3.05, 3.63) is 43.7 Å². The SMILES string of the molecule is COc1c(O)c2c(=O)cc3oooc4cc(=O)c5c(O)c(OC)c(C[C@@H](C)O)c6c(c1C[C@H](C)O)c2c3c4c56. The van der Waals surface area contributed by atoms with Crippen molar-refractivity contribution in [2.45, 2.75) is 38.9 Å². The maximum Gasteiger partial charge on any atom is 0.195 e. The number of hydrogen-bond donors (Lipinski definition) is 4. The van der Waals surface area contributed by atoms with Crippen LogP contribution in [0.5, 0.6) is 23.0 Å². The number of ether oxygens (including phenoxy) is 2. The first-order valence-corrected chi connectivity index (χ1v) is 12.2. The molecule has 1 aromatic heterocycles. The van der Waals surface area contributed by atoms with Crippen molar-refractivity contribution < 1.29 is 43.8 Å². The van der Waals surface area contributed by atoms with E-state index in [2.05, 4.69) is 0 Å². The topological polar surface area (TPSA) is 173 Å². The Morgan fingerprint density at radius 1 is 0.667 bits per heavy atom. The van der Waals surface area contributed by atoms with E-state index in [9.17, 15) is 30.0 Å². The number of aliphatic hydroxyl groups excluding tert-OH is 2. The Balaban J connectivity index is 2.16. The van der Waals surface area contributed by atoms with Crippen LogP contribution < -0.4 is 20.3 Å². The predicted molar refractivity (Wildman–Crippen MR) is 142 cm³/mol. The van der Waals surface area contributed by atoms with Crippen LogP contribution in [0.25, 0.3) is 54.3 Å². The quantitative estimate of drug-likeness (QED) is 0.139. The second-order valence-electron chi connectivity index (χ2n) is 9.81. The molecule has 0 unspecified atom stereocenters. The number of methoxy groups -OCH3 is 2. The number of aliphatic hydroxyl groups is 2. The summed E-state index contributed by atoms with van der Waals surface area (Å²) >= 11 is 0. The van der Waals surface area contributed by atoms with Crippen LogP contribution in [-0.4, -0.2) is 46.9 Å². The summed E-state index contributed by atoms with van der Waals surface area (Å²) in [5.74, 6) is -0.948. The summed E-state index contributed by atoms with van der Waals surface area (Å²) in [6.45, 7) is 3.11. The molecule has 0 fully saturated rings. The third kappa shape index (κ3) is 3.23. The average molecular weight is 536 g/mol. The fraction of sp³-hybridized carbons (Fsp3) is 0.286. The molecular formula is C28H24O11. The van der Waals surface area contributed by atoms with Crippen LogP contribution in [-0.2, 0) is 12.8 Å². The van der Waals surface area contributed by atoms with Gasteiger partial charge in [-0.2, -0.15) is 0 Å². The van der Waals surface area contributed by atoms with Gasteiger partial charge in [-0.15, -0.1) is 0 Å². The van der Waals surface area contributed by atoms with Gasteiger partial charge < -0.3 is 29.9 Å². The van der Waals surface area contributed by atoms with Crippen LogP contribution in [0.2, 0.25) is 0 Å². The zero-order valence-electron chi connectivity index (χ0n) is 21.4. The van der Waals surface area contributed by atoms with E-state index in [0.29, 0.717) is 21.9 Å². The molecule has 0 amide bonds. The Labute approximate surface area is 218 Å². The standard InChI is InChI=1S/C28H24O11/c1-9(29)5-11-17-18-12(6-10(2)30)28(36-4)26(34)20-14(32)8-16-22(24(18)20)21-15(37-39-38-16)7-13(31)19(23(17)21)25(33)27(11)35-3/h7-10,29-30,33-34H,5-6H2,1-4H3/t9-,10+. The molecule has 0 aliphatic rings. The lowest BCUT2D eigenvalue weighted by atomic mass is 9.82.